The van der Waals surface area contributed by atoms with Crippen molar-refractivity contribution in [2.45, 2.75) is 19.9 Å². The Morgan fingerprint density at radius 1 is 1.62 bits per heavy atom. The Labute approximate surface area is 121 Å². The lowest BCUT2D eigenvalue weighted by molar-refractivity contribution is -0.384. The molecule has 0 amide bonds. The molecule has 2 unspecified atom stereocenters. The largest absolute Gasteiger partial charge is 0.481 e. The van der Waals surface area contributed by atoms with Gasteiger partial charge in [0.05, 0.1) is 24.2 Å². The van der Waals surface area contributed by atoms with Gasteiger partial charge in [-0.2, -0.15) is 0 Å². The van der Waals surface area contributed by atoms with Gasteiger partial charge in [-0.25, -0.2) is 4.98 Å². The fourth-order valence-electron chi connectivity index (χ4n) is 2.53. The molecule has 0 saturated carbocycles. The number of rotatable bonds is 5. The first-order chi connectivity index (χ1) is 9.95. The van der Waals surface area contributed by atoms with Gasteiger partial charge in [0.15, 0.2) is 0 Å². The number of hydrogen-bond acceptors (Lipinski definition) is 6. The van der Waals surface area contributed by atoms with Crippen LogP contribution in [0.4, 0.5) is 11.5 Å². The fourth-order valence-corrected chi connectivity index (χ4v) is 2.53. The Balaban J connectivity index is 2.42. The summed E-state index contributed by atoms with van der Waals surface area (Å²) in [6.07, 6.45) is 1.54. The first-order valence-electron chi connectivity index (χ1n) is 6.64. The molecule has 0 bridgehead atoms. The normalized spacial score (nSPS) is 21.2. The van der Waals surface area contributed by atoms with Gasteiger partial charge in [-0.1, -0.05) is 0 Å². The monoisotopic (exact) mass is 295 g/mol. The minimum atomic E-state index is -0.967. The van der Waals surface area contributed by atoms with Crippen molar-refractivity contribution < 1.29 is 19.6 Å². The van der Waals surface area contributed by atoms with E-state index in [1.807, 2.05) is 6.92 Å². The number of carboxylic acids is 1. The molecule has 21 heavy (non-hydrogen) atoms. The zero-order valence-electron chi connectivity index (χ0n) is 11.9. The number of pyridine rings is 1. The van der Waals surface area contributed by atoms with Crippen LogP contribution < -0.4 is 4.90 Å². The summed E-state index contributed by atoms with van der Waals surface area (Å²) in [7, 11) is 0. The number of aryl methyl sites for hydroxylation is 1. The predicted octanol–water partition coefficient (Wildman–Crippen LogP) is 1.22. The van der Waals surface area contributed by atoms with Crippen LogP contribution in [0.5, 0.6) is 0 Å². The van der Waals surface area contributed by atoms with Crippen LogP contribution in [-0.4, -0.2) is 46.8 Å². The van der Waals surface area contributed by atoms with Gasteiger partial charge in [0.2, 0.25) is 5.82 Å². The second-order valence-electron chi connectivity index (χ2n) is 4.95. The van der Waals surface area contributed by atoms with E-state index < -0.39 is 22.9 Å². The third-order valence-corrected chi connectivity index (χ3v) is 3.56. The number of aliphatic carboxylic acids is 1. The quantitative estimate of drug-likeness (QED) is 0.643. The van der Waals surface area contributed by atoms with Crippen molar-refractivity contribution in [3.63, 3.8) is 0 Å². The molecule has 0 radical (unpaired) electrons. The Morgan fingerprint density at radius 2 is 2.33 bits per heavy atom. The highest BCUT2D eigenvalue weighted by atomic mass is 16.6. The van der Waals surface area contributed by atoms with Crippen LogP contribution in [-0.2, 0) is 9.53 Å². The Kier molecular flexibility index (Phi) is 4.37. The molecule has 1 N–H and O–H groups in total. The molecule has 2 rings (SSSR count). The van der Waals surface area contributed by atoms with Gasteiger partial charge >= 0.3 is 11.7 Å². The molecule has 1 aliphatic rings. The van der Waals surface area contributed by atoms with E-state index in [1.54, 1.807) is 11.8 Å². The first-order valence-corrected chi connectivity index (χ1v) is 6.64. The Morgan fingerprint density at radius 3 is 2.90 bits per heavy atom. The Bertz CT molecular complexity index is 563. The maximum atomic E-state index is 11.3. The average molecular weight is 295 g/mol. The van der Waals surface area contributed by atoms with E-state index in [9.17, 15) is 20.0 Å². The molecule has 2 heterocycles. The summed E-state index contributed by atoms with van der Waals surface area (Å²) in [5, 5.41) is 20.5. The van der Waals surface area contributed by atoms with Crippen molar-refractivity contribution in [2.75, 3.05) is 24.7 Å². The van der Waals surface area contributed by atoms with Crippen molar-refractivity contribution in [3.8, 4) is 0 Å². The third-order valence-electron chi connectivity index (χ3n) is 3.56. The summed E-state index contributed by atoms with van der Waals surface area (Å²) in [4.78, 5) is 27.8. The number of nitrogens with zero attached hydrogens (tertiary/aromatic N) is 3. The van der Waals surface area contributed by atoms with Crippen LogP contribution in [0.25, 0.3) is 0 Å². The molecule has 114 valence electrons. The van der Waals surface area contributed by atoms with Crippen molar-refractivity contribution in [1.82, 2.24) is 4.98 Å². The SMILES string of the molecule is CCN(c1ncc(C)cc1[N+](=O)[O-])C1COCC1C(=O)O. The van der Waals surface area contributed by atoms with Crippen LogP contribution >= 0.6 is 0 Å². The molecule has 1 aromatic heterocycles. The topological polar surface area (TPSA) is 106 Å². The highest BCUT2D eigenvalue weighted by molar-refractivity contribution is 5.73. The van der Waals surface area contributed by atoms with Crippen LogP contribution in [0.15, 0.2) is 12.3 Å². The van der Waals surface area contributed by atoms with E-state index in [2.05, 4.69) is 4.98 Å². The molecular weight excluding hydrogens is 278 g/mol. The van der Waals surface area contributed by atoms with Gasteiger partial charge in [-0.05, 0) is 19.4 Å². The molecule has 8 heteroatoms. The molecule has 1 aliphatic heterocycles. The van der Waals surface area contributed by atoms with E-state index in [1.165, 1.54) is 12.3 Å². The van der Waals surface area contributed by atoms with Crippen molar-refractivity contribution in [3.05, 3.63) is 27.9 Å². The number of carboxylic acid groups (broad SMARTS) is 1. The lowest BCUT2D eigenvalue weighted by atomic mass is 10.0. The van der Waals surface area contributed by atoms with Gasteiger partial charge in [-0.15, -0.1) is 0 Å². The fraction of sp³-hybridized carbons (Fsp3) is 0.538. The molecule has 1 saturated heterocycles. The molecule has 0 spiro atoms. The molecule has 1 fully saturated rings. The number of anilines is 1. The van der Waals surface area contributed by atoms with Crippen LogP contribution in [0.3, 0.4) is 0 Å². The smallest absolute Gasteiger partial charge is 0.311 e. The molecule has 1 aromatic rings. The van der Waals surface area contributed by atoms with Crippen molar-refractivity contribution >= 4 is 17.5 Å². The summed E-state index contributed by atoms with van der Waals surface area (Å²) in [6.45, 7) is 4.27. The zero-order valence-corrected chi connectivity index (χ0v) is 11.9. The third kappa shape index (κ3) is 2.94. The van der Waals surface area contributed by atoms with Gasteiger partial charge in [0.1, 0.15) is 5.92 Å². The summed E-state index contributed by atoms with van der Waals surface area (Å²) in [6, 6.07) is 0.984. The van der Waals surface area contributed by atoms with Crippen LogP contribution in [0.2, 0.25) is 0 Å². The molecule has 0 aliphatic carbocycles. The predicted molar refractivity (Wildman–Crippen MR) is 74.4 cm³/mol. The first kappa shape index (κ1) is 15.2. The second-order valence-corrected chi connectivity index (χ2v) is 4.95. The van der Waals surface area contributed by atoms with E-state index in [-0.39, 0.29) is 24.7 Å². The van der Waals surface area contributed by atoms with Gasteiger partial charge in [0, 0.05) is 18.8 Å². The summed E-state index contributed by atoms with van der Waals surface area (Å²) >= 11 is 0. The number of ether oxygens (including phenoxy) is 1. The van der Waals surface area contributed by atoms with Gasteiger partial charge < -0.3 is 14.7 Å². The standard InChI is InChI=1S/C13H17N3O5/c1-3-15(11-7-21-6-9(11)13(17)18)12-10(16(19)20)4-8(2)5-14-12/h4-5,9,11H,3,6-7H2,1-2H3,(H,17,18). The molecular formula is C13H17N3O5. The molecule has 0 aromatic carbocycles. The maximum absolute atomic E-state index is 11.3. The minimum absolute atomic E-state index is 0.107. The Hall–Kier alpha value is -2.22. The second kappa shape index (κ2) is 6.04. The lowest BCUT2D eigenvalue weighted by Crippen LogP contribution is -2.44. The summed E-state index contributed by atoms with van der Waals surface area (Å²) < 4.78 is 5.24. The number of likely N-dealkylation sites (N-methyl/N-ethyl adjacent to an activating group) is 1. The van der Waals surface area contributed by atoms with Gasteiger partial charge in [0.25, 0.3) is 0 Å². The number of hydrogen-bond donors (Lipinski definition) is 1. The van der Waals surface area contributed by atoms with E-state index in [0.29, 0.717) is 12.1 Å². The van der Waals surface area contributed by atoms with E-state index >= 15 is 0 Å². The zero-order chi connectivity index (χ0) is 15.6. The van der Waals surface area contributed by atoms with Crippen LogP contribution in [0, 0.1) is 23.0 Å². The molecule has 2 atom stereocenters. The van der Waals surface area contributed by atoms with Gasteiger partial charge in [-0.3, -0.25) is 14.9 Å². The molecule has 8 nitrogen and oxygen atoms in total. The highest BCUT2D eigenvalue weighted by Crippen LogP contribution is 2.31. The lowest BCUT2D eigenvalue weighted by Gasteiger charge is -2.29. The van der Waals surface area contributed by atoms with E-state index in [0.717, 1.165) is 0 Å². The highest BCUT2D eigenvalue weighted by Gasteiger charge is 2.40. The van der Waals surface area contributed by atoms with E-state index in [4.69, 9.17) is 4.74 Å². The minimum Gasteiger partial charge on any atom is -0.481 e. The number of nitro groups is 1. The summed E-state index contributed by atoms with van der Waals surface area (Å²) in [5.41, 5.74) is 0.562. The number of carbonyl (C=O) groups is 1. The van der Waals surface area contributed by atoms with Crippen LogP contribution in [0.1, 0.15) is 12.5 Å². The number of aromatic nitrogens is 1. The van der Waals surface area contributed by atoms with Crippen molar-refractivity contribution in [1.29, 1.82) is 0 Å². The van der Waals surface area contributed by atoms with Crippen molar-refractivity contribution in [2.24, 2.45) is 5.92 Å². The maximum Gasteiger partial charge on any atom is 0.311 e. The average Bonchev–Trinajstić information content (AvgIpc) is 2.90. The summed E-state index contributed by atoms with van der Waals surface area (Å²) in [5.74, 6) is -1.49.